The van der Waals surface area contributed by atoms with E-state index in [1.54, 1.807) is 55.5 Å². The number of fused-ring (bicyclic) bond motifs is 1. The molecule has 1 aromatic heterocycles. The molecule has 0 spiro atoms. The number of nitro groups is 1. The molecule has 1 heterocycles. The largest absolute Gasteiger partial charge is 0.476 e. The first-order valence-electron chi connectivity index (χ1n) is 10.4. The van der Waals surface area contributed by atoms with Crippen LogP contribution >= 0.6 is 27.5 Å². The Labute approximate surface area is 217 Å². The van der Waals surface area contributed by atoms with Gasteiger partial charge in [0.05, 0.1) is 22.0 Å². The van der Waals surface area contributed by atoms with Crippen molar-refractivity contribution in [2.24, 2.45) is 5.10 Å². The molecule has 4 rings (SSSR count). The number of benzene rings is 3. The van der Waals surface area contributed by atoms with Gasteiger partial charge in [0.25, 0.3) is 11.5 Å². The van der Waals surface area contributed by atoms with Crippen LogP contribution in [0.25, 0.3) is 10.9 Å². The van der Waals surface area contributed by atoms with Crippen LogP contribution < -0.4 is 15.6 Å². The second-order valence-corrected chi connectivity index (χ2v) is 8.84. The molecule has 1 N–H and O–H groups in total. The van der Waals surface area contributed by atoms with Gasteiger partial charge in [-0.1, -0.05) is 45.7 Å². The Morgan fingerprint density at radius 1 is 1.25 bits per heavy atom. The molecule has 182 valence electrons. The summed E-state index contributed by atoms with van der Waals surface area (Å²) in [6, 6.07) is 16.3. The molecule has 0 unspecified atom stereocenters. The van der Waals surface area contributed by atoms with Crippen LogP contribution in [0.5, 0.6) is 5.75 Å². The molecule has 4 aromatic rings. The van der Waals surface area contributed by atoms with Gasteiger partial charge >= 0.3 is 5.69 Å². The van der Waals surface area contributed by atoms with Crippen LogP contribution in [-0.2, 0) is 4.79 Å². The normalized spacial score (nSPS) is 11.1. The zero-order chi connectivity index (χ0) is 25.8. The average molecular weight is 571 g/mol. The zero-order valence-electron chi connectivity index (χ0n) is 18.6. The van der Waals surface area contributed by atoms with Crippen molar-refractivity contribution in [1.29, 1.82) is 0 Å². The second kappa shape index (κ2) is 10.7. The highest BCUT2D eigenvalue weighted by Gasteiger charge is 2.22. The monoisotopic (exact) mass is 569 g/mol. The molecule has 10 nitrogen and oxygen atoms in total. The first kappa shape index (κ1) is 25.0. The minimum atomic E-state index is -0.680. The van der Waals surface area contributed by atoms with Crippen LogP contribution in [-0.4, -0.2) is 33.3 Å². The number of amides is 1. The molecule has 12 heteroatoms. The molecule has 0 radical (unpaired) electrons. The molecule has 36 heavy (non-hydrogen) atoms. The lowest BCUT2D eigenvalue weighted by Crippen LogP contribution is -2.21. The number of ether oxygens (including phenoxy) is 1. The molecular formula is C24H17BrClN5O5. The van der Waals surface area contributed by atoms with Gasteiger partial charge in [0.15, 0.2) is 6.61 Å². The fourth-order valence-corrected chi connectivity index (χ4v) is 3.94. The lowest BCUT2D eigenvalue weighted by Gasteiger charge is -2.11. The number of nitrogens with zero attached hydrogens (tertiary/aromatic N) is 4. The Hall–Kier alpha value is -4.09. The van der Waals surface area contributed by atoms with Crippen molar-refractivity contribution >= 4 is 61.9 Å². The highest BCUT2D eigenvalue weighted by molar-refractivity contribution is 9.10. The molecular weight excluding hydrogens is 554 g/mol. The van der Waals surface area contributed by atoms with E-state index >= 15 is 0 Å². The number of anilines is 1. The lowest BCUT2D eigenvalue weighted by atomic mass is 10.2. The number of carbonyl (C=O) groups excluding carboxylic acids is 1. The number of aromatic nitrogens is 2. The maximum atomic E-state index is 13.0. The summed E-state index contributed by atoms with van der Waals surface area (Å²) in [7, 11) is 0. The standard InChI is InChI=1S/C24H17BrClN5O5/c1-14-28-20-8-7-16(25)10-19(20)24(33)30(14)27-12-15-9-17(26)11-21(31(34)35)23(15)36-13-22(32)29-18-5-3-2-4-6-18/h2-12H,13H2,1H3,(H,29,32). The number of halogens is 2. The summed E-state index contributed by atoms with van der Waals surface area (Å²) in [5, 5.41) is 18.9. The zero-order valence-corrected chi connectivity index (χ0v) is 21.0. The third-order valence-electron chi connectivity index (χ3n) is 4.95. The van der Waals surface area contributed by atoms with Gasteiger partial charge in [-0.05, 0) is 43.3 Å². The quantitative estimate of drug-likeness (QED) is 0.191. The molecule has 1 amide bonds. The highest BCUT2D eigenvalue weighted by Crippen LogP contribution is 2.34. The maximum Gasteiger partial charge on any atom is 0.313 e. The van der Waals surface area contributed by atoms with Crippen molar-refractivity contribution in [3.63, 3.8) is 0 Å². The summed E-state index contributed by atoms with van der Waals surface area (Å²) in [6.45, 7) is 1.09. The van der Waals surface area contributed by atoms with E-state index in [-0.39, 0.29) is 16.3 Å². The molecule has 0 aliphatic heterocycles. The minimum Gasteiger partial charge on any atom is -0.476 e. The summed E-state index contributed by atoms with van der Waals surface area (Å²) in [6.07, 6.45) is 1.20. The highest BCUT2D eigenvalue weighted by atomic mass is 79.9. The molecule has 0 saturated carbocycles. The van der Waals surface area contributed by atoms with Crippen molar-refractivity contribution in [1.82, 2.24) is 9.66 Å². The number of carbonyl (C=O) groups is 1. The Morgan fingerprint density at radius 2 is 2.00 bits per heavy atom. The summed E-state index contributed by atoms with van der Waals surface area (Å²) in [5.74, 6) is -0.449. The van der Waals surface area contributed by atoms with Crippen molar-refractivity contribution < 1.29 is 14.5 Å². The van der Waals surface area contributed by atoms with Gasteiger partial charge in [-0.25, -0.2) is 4.98 Å². The van der Waals surface area contributed by atoms with Crippen LogP contribution in [0.4, 0.5) is 11.4 Å². The number of para-hydroxylation sites is 1. The van der Waals surface area contributed by atoms with Crippen molar-refractivity contribution in [2.45, 2.75) is 6.92 Å². The summed E-state index contributed by atoms with van der Waals surface area (Å²) < 4.78 is 7.30. The van der Waals surface area contributed by atoms with Crippen LogP contribution in [0.1, 0.15) is 11.4 Å². The molecule has 0 atom stereocenters. The smallest absolute Gasteiger partial charge is 0.313 e. The third-order valence-corrected chi connectivity index (χ3v) is 5.66. The van der Waals surface area contributed by atoms with E-state index in [0.29, 0.717) is 26.9 Å². The third kappa shape index (κ3) is 5.58. The molecule has 0 fully saturated rings. The van der Waals surface area contributed by atoms with Crippen molar-refractivity contribution in [2.75, 3.05) is 11.9 Å². The van der Waals surface area contributed by atoms with Gasteiger partial charge in [-0.3, -0.25) is 19.7 Å². The topological polar surface area (TPSA) is 129 Å². The molecule has 0 saturated heterocycles. The Balaban J connectivity index is 1.69. The molecule has 3 aromatic carbocycles. The van der Waals surface area contributed by atoms with E-state index in [9.17, 15) is 19.7 Å². The molecule has 0 aliphatic carbocycles. The van der Waals surface area contributed by atoms with E-state index in [1.165, 1.54) is 12.3 Å². The molecule has 0 bridgehead atoms. The second-order valence-electron chi connectivity index (χ2n) is 7.49. The van der Waals surface area contributed by atoms with Gasteiger partial charge < -0.3 is 10.1 Å². The maximum absolute atomic E-state index is 13.0. The fraction of sp³-hybridized carbons (Fsp3) is 0.0833. The van der Waals surface area contributed by atoms with Gasteiger partial charge in [0.1, 0.15) is 5.82 Å². The average Bonchev–Trinajstić information content (AvgIpc) is 2.84. The van der Waals surface area contributed by atoms with Gasteiger partial charge in [-0.2, -0.15) is 9.78 Å². The lowest BCUT2D eigenvalue weighted by molar-refractivity contribution is -0.385. The van der Waals surface area contributed by atoms with Gasteiger partial charge in [0.2, 0.25) is 5.75 Å². The Kier molecular flexibility index (Phi) is 7.41. The van der Waals surface area contributed by atoms with Crippen LogP contribution in [0.2, 0.25) is 5.02 Å². The summed E-state index contributed by atoms with van der Waals surface area (Å²) in [4.78, 5) is 40.7. The minimum absolute atomic E-state index is 0.0499. The van der Waals surface area contributed by atoms with E-state index in [1.807, 2.05) is 0 Å². The number of rotatable bonds is 7. The Bertz CT molecular complexity index is 1570. The SMILES string of the molecule is Cc1nc2ccc(Br)cc2c(=O)n1N=Cc1cc(Cl)cc([N+](=O)[O-])c1OCC(=O)Nc1ccccc1. The predicted octanol–water partition coefficient (Wildman–Crippen LogP) is 4.93. The number of hydrogen-bond acceptors (Lipinski definition) is 7. The van der Waals surface area contributed by atoms with Gasteiger partial charge in [-0.15, -0.1) is 0 Å². The van der Waals surface area contributed by atoms with Crippen molar-refractivity contribution in [3.8, 4) is 5.75 Å². The Morgan fingerprint density at radius 3 is 2.72 bits per heavy atom. The number of hydrogen-bond donors (Lipinski definition) is 1. The number of nitrogens with one attached hydrogen (secondary N) is 1. The van der Waals surface area contributed by atoms with E-state index in [2.05, 4.69) is 31.3 Å². The first-order chi connectivity index (χ1) is 17.2. The van der Waals surface area contributed by atoms with Crippen LogP contribution in [0.15, 0.2) is 75.0 Å². The van der Waals surface area contributed by atoms with Crippen molar-refractivity contribution in [3.05, 3.63) is 102 Å². The summed E-state index contributed by atoms with van der Waals surface area (Å²) >= 11 is 9.42. The number of nitro benzene ring substituents is 1. The van der Waals surface area contributed by atoms with Gasteiger partial charge in [0, 0.05) is 26.8 Å². The predicted molar refractivity (Wildman–Crippen MR) is 140 cm³/mol. The first-order valence-corrected chi connectivity index (χ1v) is 11.6. The van der Waals surface area contributed by atoms with Crippen LogP contribution in [0.3, 0.4) is 0 Å². The molecule has 0 aliphatic rings. The van der Waals surface area contributed by atoms with Crippen LogP contribution in [0, 0.1) is 17.0 Å². The fourth-order valence-electron chi connectivity index (χ4n) is 3.36. The van der Waals surface area contributed by atoms with E-state index in [4.69, 9.17) is 16.3 Å². The summed E-state index contributed by atoms with van der Waals surface area (Å²) in [5.41, 5.74) is 0.252. The number of aryl methyl sites for hydroxylation is 1. The van der Waals surface area contributed by atoms with E-state index < -0.39 is 28.7 Å². The van der Waals surface area contributed by atoms with E-state index in [0.717, 1.165) is 10.7 Å².